The van der Waals surface area contributed by atoms with Gasteiger partial charge in [-0.25, -0.2) is 13.6 Å². The standard InChI is InChI=1S/C36H42F5N7O2S/c1-19(42)44-12-11-23-6-4-8-28(45-23)32-26(37)16-24(17-31(32)51-2)48-18-22-15-29(46-34(22)47-35(48)49)25-13-20(5-3-7-27(43)21-9-10-21)14-30(33(25)38)50-36(39,40)41/h13-18,21,23,27-28,45H,3-12,43H2,1-2H3,(H2,42,44)(H,46,47,49)/t23-,27?,28-/m0/s1. The maximum atomic E-state index is 16.0. The van der Waals surface area contributed by atoms with Gasteiger partial charge in [0.05, 0.1) is 17.2 Å². The molecule has 0 spiro atoms. The zero-order chi connectivity index (χ0) is 36.4. The van der Waals surface area contributed by atoms with E-state index in [1.165, 1.54) is 40.7 Å². The Morgan fingerprint density at radius 1 is 1.16 bits per heavy atom. The molecule has 3 atom stereocenters. The zero-order valence-electron chi connectivity index (χ0n) is 28.5. The Hall–Kier alpha value is -3.95. The number of halogens is 5. The van der Waals surface area contributed by atoms with E-state index in [9.17, 15) is 18.0 Å². The Balaban J connectivity index is 1.30. The van der Waals surface area contributed by atoms with Gasteiger partial charge in [-0.05, 0) is 106 Å². The first-order valence-corrected chi connectivity index (χ1v) is 18.4. The summed E-state index contributed by atoms with van der Waals surface area (Å²) in [6, 6.07) is 7.00. The molecule has 2 aromatic carbocycles. The fourth-order valence-corrected chi connectivity index (χ4v) is 7.62. The molecular formula is C36H42F5N7O2S. The molecule has 51 heavy (non-hydrogen) atoms. The maximum Gasteiger partial charge on any atom is 0.573 e. The van der Waals surface area contributed by atoms with Crippen LogP contribution in [0.4, 0.5) is 22.0 Å². The maximum absolute atomic E-state index is 16.0. The number of alkyl halides is 3. The van der Waals surface area contributed by atoms with Crippen molar-refractivity contribution in [2.45, 2.75) is 94.1 Å². The highest BCUT2D eigenvalue weighted by atomic mass is 32.2. The van der Waals surface area contributed by atoms with E-state index in [0.29, 0.717) is 59.0 Å². The van der Waals surface area contributed by atoms with E-state index < -0.39 is 29.4 Å². The van der Waals surface area contributed by atoms with Crippen molar-refractivity contribution < 1.29 is 26.7 Å². The van der Waals surface area contributed by atoms with E-state index in [1.54, 1.807) is 13.0 Å². The number of aromatic amines is 1. The molecule has 274 valence electrons. The molecule has 6 N–H and O–H groups in total. The molecule has 6 rings (SSSR count). The van der Waals surface area contributed by atoms with Crippen LogP contribution in [0.2, 0.25) is 0 Å². The van der Waals surface area contributed by atoms with Crippen LogP contribution in [0.5, 0.6) is 5.75 Å². The molecule has 4 aromatic rings. The highest BCUT2D eigenvalue weighted by molar-refractivity contribution is 7.98. The minimum Gasteiger partial charge on any atom is -0.403 e. The Labute approximate surface area is 296 Å². The quantitative estimate of drug-likeness (QED) is 0.0491. The van der Waals surface area contributed by atoms with Crippen LogP contribution in [0.1, 0.15) is 75.5 Å². The number of ether oxygens (including phenoxy) is 1. The van der Waals surface area contributed by atoms with Gasteiger partial charge < -0.3 is 26.5 Å². The third kappa shape index (κ3) is 8.93. The summed E-state index contributed by atoms with van der Waals surface area (Å²) in [7, 11) is 0. The van der Waals surface area contributed by atoms with Gasteiger partial charge in [-0.1, -0.05) is 6.42 Å². The van der Waals surface area contributed by atoms with E-state index in [-0.39, 0.29) is 40.7 Å². The van der Waals surface area contributed by atoms with Crippen molar-refractivity contribution in [2.75, 3.05) is 12.8 Å². The van der Waals surface area contributed by atoms with Gasteiger partial charge in [-0.15, -0.1) is 24.9 Å². The first-order valence-electron chi connectivity index (χ1n) is 17.2. The smallest absolute Gasteiger partial charge is 0.403 e. The highest BCUT2D eigenvalue weighted by Gasteiger charge is 2.34. The van der Waals surface area contributed by atoms with Gasteiger partial charge in [0.1, 0.15) is 11.5 Å². The zero-order valence-corrected chi connectivity index (χ0v) is 29.3. The number of piperidine rings is 1. The van der Waals surface area contributed by atoms with Crippen molar-refractivity contribution in [3.8, 4) is 22.7 Å². The Morgan fingerprint density at radius 3 is 2.65 bits per heavy atom. The van der Waals surface area contributed by atoms with Crippen LogP contribution >= 0.6 is 11.8 Å². The molecule has 1 unspecified atom stereocenters. The Bertz CT molecular complexity index is 1970. The van der Waals surface area contributed by atoms with E-state index >= 15 is 8.78 Å². The second kappa shape index (κ2) is 15.3. The average molecular weight is 732 g/mol. The summed E-state index contributed by atoms with van der Waals surface area (Å²) in [6.07, 6.45) is 5.39. The molecule has 2 fully saturated rings. The number of hydrogen-bond donors (Lipinski definition) is 4. The first kappa shape index (κ1) is 36.8. The molecule has 0 bridgehead atoms. The van der Waals surface area contributed by atoms with Crippen molar-refractivity contribution in [3.05, 3.63) is 69.8 Å². The number of rotatable bonds is 13. The number of fused-ring (bicyclic) bond motifs is 1. The monoisotopic (exact) mass is 731 g/mol. The third-order valence-corrected chi connectivity index (χ3v) is 10.4. The predicted molar refractivity (Wildman–Crippen MR) is 189 cm³/mol. The third-order valence-electron chi connectivity index (χ3n) is 9.60. The van der Waals surface area contributed by atoms with Gasteiger partial charge in [0, 0.05) is 52.3 Å². The van der Waals surface area contributed by atoms with Crippen LogP contribution in [0.25, 0.3) is 28.0 Å². The van der Waals surface area contributed by atoms with Crippen LogP contribution in [-0.2, 0) is 6.42 Å². The fraction of sp³-hybridized carbons (Fsp3) is 0.472. The molecule has 1 saturated carbocycles. The van der Waals surface area contributed by atoms with E-state index in [2.05, 4.69) is 25.0 Å². The van der Waals surface area contributed by atoms with E-state index in [1.807, 2.05) is 6.26 Å². The number of nitrogens with zero attached hydrogens (tertiary/aromatic N) is 3. The van der Waals surface area contributed by atoms with Gasteiger partial charge in [-0.2, -0.15) is 4.98 Å². The number of nitrogens with two attached hydrogens (primary N) is 2. The predicted octanol–water partition coefficient (Wildman–Crippen LogP) is 7.29. The molecule has 15 heteroatoms. The second-order valence-electron chi connectivity index (χ2n) is 13.5. The lowest BCUT2D eigenvalue weighted by Crippen LogP contribution is -2.38. The normalized spacial score (nSPS) is 19.1. The second-order valence-corrected chi connectivity index (χ2v) is 14.3. The molecule has 0 radical (unpaired) electrons. The number of H-pyrrole nitrogens is 1. The molecule has 1 saturated heterocycles. The van der Waals surface area contributed by atoms with E-state index in [0.717, 1.165) is 44.6 Å². The number of aromatic nitrogens is 3. The number of thioether (sulfide) groups is 1. The lowest BCUT2D eigenvalue weighted by molar-refractivity contribution is -0.275. The van der Waals surface area contributed by atoms with Crippen molar-refractivity contribution in [1.29, 1.82) is 0 Å². The van der Waals surface area contributed by atoms with Crippen LogP contribution in [0, 0.1) is 17.6 Å². The van der Waals surface area contributed by atoms with Gasteiger partial charge in [0.15, 0.2) is 11.6 Å². The number of aryl methyl sites for hydroxylation is 1. The molecule has 0 amide bonds. The molecular weight excluding hydrogens is 689 g/mol. The van der Waals surface area contributed by atoms with Crippen LogP contribution < -0.4 is 27.2 Å². The summed E-state index contributed by atoms with van der Waals surface area (Å²) in [4.78, 5) is 25.2. The molecule has 1 aliphatic heterocycles. The molecule has 3 heterocycles. The Kier molecular flexibility index (Phi) is 11.1. The number of amidine groups is 1. The van der Waals surface area contributed by atoms with Crippen molar-refractivity contribution in [1.82, 2.24) is 19.9 Å². The van der Waals surface area contributed by atoms with Crippen LogP contribution in [0.3, 0.4) is 0 Å². The number of nitrogens with one attached hydrogen (secondary N) is 2. The number of aliphatic imine (C=N–C) groups is 1. The molecule has 2 aliphatic rings. The van der Waals surface area contributed by atoms with Gasteiger partial charge in [-0.3, -0.25) is 9.56 Å². The van der Waals surface area contributed by atoms with Crippen LogP contribution in [-0.4, -0.2) is 51.6 Å². The van der Waals surface area contributed by atoms with Gasteiger partial charge >= 0.3 is 12.1 Å². The summed E-state index contributed by atoms with van der Waals surface area (Å²) in [5.74, 6) is -1.64. The summed E-state index contributed by atoms with van der Waals surface area (Å²) in [5.41, 5.74) is 12.4. The largest absolute Gasteiger partial charge is 0.573 e. The SMILES string of the molecule is CSc1cc(-n2cc3cc(-c4cc(CCCC(N)C5CC5)cc(OC(F)(F)F)c4F)[nH]c3nc2=O)cc(F)c1[C@@H]1CCC[C@@H](CCN=C(C)N)N1. The summed E-state index contributed by atoms with van der Waals surface area (Å²) < 4.78 is 76.6. The van der Waals surface area contributed by atoms with Crippen molar-refractivity contribution >= 4 is 28.6 Å². The van der Waals surface area contributed by atoms with Gasteiger partial charge in [0.2, 0.25) is 0 Å². The molecule has 2 aromatic heterocycles. The van der Waals surface area contributed by atoms with Gasteiger partial charge in [0.25, 0.3) is 0 Å². The first-order chi connectivity index (χ1) is 24.3. The minimum absolute atomic E-state index is 0.0215. The minimum atomic E-state index is -5.11. The molecule has 1 aliphatic carbocycles. The highest BCUT2D eigenvalue weighted by Crippen LogP contribution is 2.38. The topological polar surface area (TPSA) is 136 Å². The lowest BCUT2D eigenvalue weighted by atomic mass is 9.91. The fourth-order valence-electron chi connectivity index (χ4n) is 6.92. The molecule has 9 nitrogen and oxygen atoms in total. The van der Waals surface area contributed by atoms with Crippen molar-refractivity contribution in [2.24, 2.45) is 22.4 Å². The average Bonchev–Trinajstić information content (AvgIpc) is 3.84. The number of hydrogen-bond acceptors (Lipinski definition) is 7. The van der Waals surface area contributed by atoms with Crippen molar-refractivity contribution in [3.63, 3.8) is 0 Å². The van der Waals surface area contributed by atoms with Crippen LogP contribution in [0.15, 0.2) is 51.2 Å². The Morgan fingerprint density at radius 2 is 1.94 bits per heavy atom. The summed E-state index contributed by atoms with van der Waals surface area (Å²) in [6.45, 7) is 2.32. The summed E-state index contributed by atoms with van der Waals surface area (Å²) in [5, 5.41) is 3.93. The lowest BCUT2D eigenvalue weighted by Gasteiger charge is -2.32. The van der Waals surface area contributed by atoms with E-state index in [4.69, 9.17) is 11.5 Å². The number of benzene rings is 2. The summed E-state index contributed by atoms with van der Waals surface area (Å²) >= 11 is 1.36.